The molecule has 2 nitrogen and oxygen atoms in total. The standard InChI is InChI=1S/C13H24N2/c1-7-9-15(12(5)8-2)13(14-6)10-11(3)4/h10H,5,7-9H2,1-4,6H3. The van der Waals surface area contributed by atoms with Gasteiger partial charge in [0.25, 0.3) is 0 Å². The van der Waals surface area contributed by atoms with Crippen LogP contribution >= 0.6 is 0 Å². The number of hydrogen-bond donors (Lipinski definition) is 0. The second-order valence-corrected chi connectivity index (χ2v) is 3.87. The maximum absolute atomic E-state index is 4.32. The normalized spacial score (nSPS) is 11.1. The molecule has 0 rings (SSSR count). The first-order valence-electron chi connectivity index (χ1n) is 5.63. The molecule has 0 heterocycles. The van der Waals surface area contributed by atoms with E-state index in [1.807, 2.05) is 7.05 Å². The topological polar surface area (TPSA) is 15.6 Å². The van der Waals surface area contributed by atoms with E-state index in [0.717, 1.165) is 30.9 Å². The summed E-state index contributed by atoms with van der Waals surface area (Å²) >= 11 is 0. The number of rotatable bonds is 5. The Bertz CT molecular complexity index is 258. The summed E-state index contributed by atoms with van der Waals surface area (Å²) in [5, 5.41) is 0. The third-order valence-electron chi connectivity index (χ3n) is 2.16. The van der Waals surface area contributed by atoms with E-state index in [9.17, 15) is 0 Å². The molecule has 0 radical (unpaired) electrons. The van der Waals surface area contributed by atoms with Crippen LogP contribution in [0.3, 0.4) is 0 Å². The summed E-state index contributed by atoms with van der Waals surface area (Å²) in [4.78, 5) is 6.52. The van der Waals surface area contributed by atoms with Gasteiger partial charge >= 0.3 is 0 Å². The van der Waals surface area contributed by atoms with Gasteiger partial charge in [-0.1, -0.05) is 26.0 Å². The van der Waals surface area contributed by atoms with Gasteiger partial charge in [0, 0.05) is 19.3 Å². The van der Waals surface area contributed by atoms with Gasteiger partial charge in [0.2, 0.25) is 0 Å². The van der Waals surface area contributed by atoms with E-state index in [2.05, 4.69) is 50.2 Å². The SMILES string of the molecule is C=C(CC)N(CCC)C(C=C(C)C)=NC. The quantitative estimate of drug-likeness (QED) is 0.498. The molecule has 15 heavy (non-hydrogen) atoms. The zero-order chi connectivity index (χ0) is 11.8. The van der Waals surface area contributed by atoms with Crippen molar-refractivity contribution < 1.29 is 0 Å². The Morgan fingerprint density at radius 1 is 1.33 bits per heavy atom. The molecule has 0 aliphatic heterocycles. The van der Waals surface area contributed by atoms with E-state index in [1.165, 1.54) is 5.57 Å². The van der Waals surface area contributed by atoms with Gasteiger partial charge in [-0.2, -0.15) is 0 Å². The first kappa shape index (κ1) is 13.9. The molecule has 86 valence electrons. The minimum absolute atomic E-state index is 0.968. The fraction of sp³-hybridized carbons (Fsp3) is 0.615. The van der Waals surface area contributed by atoms with Crippen molar-refractivity contribution in [3.8, 4) is 0 Å². The molecule has 0 aromatic heterocycles. The average Bonchev–Trinajstić information content (AvgIpc) is 2.21. The molecule has 0 atom stereocenters. The zero-order valence-electron chi connectivity index (χ0n) is 10.8. The average molecular weight is 208 g/mol. The minimum atomic E-state index is 0.968. The van der Waals surface area contributed by atoms with Crippen molar-refractivity contribution in [3.63, 3.8) is 0 Å². The third kappa shape index (κ3) is 4.82. The van der Waals surface area contributed by atoms with Crippen molar-refractivity contribution in [1.82, 2.24) is 4.90 Å². The lowest BCUT2D eigenvalue weighted by molar-refractivity contribution is 0.495. The van der Waals surface area contributed by atoms with Crippen LogP contribution in [-0.2, 0) is 0 Å². The second-order valence-electron chi connectivity index (χ2n) is 3.87. The smallest absolute Gasteiger partial charge is 0.127 e. The van der Waals surface area contributed by atoms with E-state index in [-0.39, 0.29) is 0 Å². The van der Waals surface area contributed by atoms with Crippen molar-refractivity contribution >= 4 is 5.84 Å². The number of hydrogen-bond acceptors (Lipinski definition) is 1. The Hall–Kier alpha value is -1.05. The highest BCUT2D eigenvalue weighted by Crippen LogP contribution is 2.10. The molecule has 0 fully saturated rings. The monoisotopic (exact) mass is 208 g/mol. The van der Waals surface area contributed by atoms with E-state index in [1.54, 1.807) is 0 Å². The van der Waals surface area contributed by atoms with Crippen molar-refractivity contribution in [2.24, 2.45) is 4.99 Å². The van der Waals surface area contributed by atoms with Gasteiger partial charge in [0.1, 0.15) is 5.84 Å². The Morgan fingerprint density at radius 2 is 1.93 bits per heavy atom. The fourth-order valence-electron chi connectivity index (χ4n) is 1.37. The second kappa shape index (κ2) is 7.27. The molecule has 0 saturated carbocycles. The maximum atomic E-state index is 4.32. The van der Waals surface area contributed by atoms with Crippen molar-refractivity contribution in [2.75, 3.05) is 13.6 Å². The van der Waals surface area contributed by atoms with Crippen LogP contribution in [0.1, 0.15) is 40.5 Å². The number of amidine groups is 1. The summed E-state index contributed by atoms with van der Waals surface area (Å²) in [6, 6.07) is 0. The van der Waals surface area contributed by atoms with Gasteiger partial charge in [-0.15, -0.1) is 0 Å². The molecular formula is C13H24N2. The highest BCUT2D eigenvalue weighted by atomic mass is 15.2. The van der Waals surface area contributed by atoms with Crippen LogP contribution in [0.15, 0.2) is 28.9 Å². The summed E-state index contributed by atoms with van der Waals surface area (Å²) < 4.78 is 0. The van der Waals surface area contributed by atoms with E-state index >= 15 is 0 Å². The first-order chi connectivity index (χ1) is 7.06. The van der Waals surface area contributed by atoms with Crippen LogP contribution in [-0.4, -0.2) is 24.3 Å². The molecule has 0 aliphatic carbocycles. The maximum Gasteiger partial charge on any atom is 0.127 e. The molecule has 0 bridgehead atoms. The van der Waals surface area contributed by atoms with E-state index < -0.39 is 0 Å². The third-order valence-corrected chi connectivity index (χ3v) is 2.16. The zero-order valence-corrected chi connectivity index (χ0v) is 10.8. The summed E-state index contributed by atoms with van der Waals surface area (Å²) in [6.07, 6.45) is 4.18. The minimum Gasteiger partial charge on any atom is -0.331 e. The first-order valence-corrected chi connectivity index (χ1v) is 5.63. The Morgan fingerprint density at radius 3 is 2.27 bits per heavy atom. The molecule has 0 unspecified atom stereocenters. The molecule has 0 spiro atoms. The molecule has 0 aromatic rings. The predicted molar refractivity (Wildman–Crippen MR) is 69.2 cm³/mol. The molecule has 0 amide bonds. The lowest BCUT2D eigenvalue weighted by Crippen LogP contribution is -2.29. The lowest BCUT2D eigenvalue weighted by Gasteiger charge is -2.25. The summed E-state index contributed by atoms with van der Waals surface area (Å²) in [6.45, 7) is 13.5. The van der Waals surface area contributed by atoms with Gasteiger partial charge in [-0.25, -0.2) is 0 Å². The van der Waals surface area contributed by atoms with Crippen LogP contribution in [0.2, 0.25) is 0 Å². The molecule has 0 aromatic carbocycles. The lowest BCUT2D eigenvalue weighted by atomic mass is 10.2. The van der Waals surface area contributed by atoms with Crippen molar-refractivity contribution in [2.45, 2.75) is 40.5 Å². The summed E-state index contributed by atoms with van der Waals surface area (Å²) in [7, 11) is 1.83. The van der Waals surface area contributed by atoms with Crippen molar-refractivity contribution in [1.29, 1.82) is 0 Å². The number of aliphatic imine (C=N–C) groups is 1. The Kier molecular flexibility index (Phi) is 6.76. The molecule has 0 N–H and O–H groups in total. The van der Waals surface area contributed by atoms with Gasteiger partial charge in [-0.05, 0) is 32.8 Å². The van der Waals surface area contributed by atoms with E-state index in [0.29, 0.717) is 0 Å². The van der Waals surface area contributed by atoms with Gasteiger partial charge in [-0.3, -0.25) is 4.99 Å². The van der Waals surface area contributed by atoms with Gasteiger partial charge in [0.15, 0.2) is 0 Å². The summed E-state index contributed by atoms with van der Waals surface area (Å²) in [5.41, 5.74) is 2.40. The largest absolute Gasteiger partial charge is 0.331 e. The van der Waals surface area contributed by atoms with Crippen LogP contribution in [0.25, 0.3) is 0 Å². The molecular weight excluding hydrogens is 184 g/mol. The molecule has 0 aliphatic rings. The highest BCUT2D eigenvalue weighted by Gasteiger charge is 2.09. The fourth-order valence-corrected chi connectivity index (χ4v) is 1.37. The highest BCUT2D eigenvalue weighted by molar-refractivity contribution is 5.94. The van der Waals surface area contributed by atoms with Gasteiger partial charge in [0.05, 0.1) is 0 Å². The number of nitrogens with zero attached hydrogens (tertiary/aromatic N) is 2. The van der Waals surface area contributed by atoms with Gasteiger partial charge < -0.3 is 4.90 Å². The Balaban J connectivity index is 4.87. The van der Waals surface area contributed by atoms with Crippen LogP contribution < -0.4 is 0 Å². The molecule has 2 heteroatoms. The van der Waals surface area contributed by atoms with Crippen LogP contribution in [0.5, 0.6) is 0 Å². The van der Waals surface area contributed by atoms with Crippen LogP contribution in [0, 0.1) is 0 Å². The molecule has 0 saturated heterocycles. The number of allylic oxidation sites excluding steroid dienone is 2. The summed E-state index contributed by atoms with van der Waals surface area (Å²) in [5.74, 6) is 1.02. The van der Waals surface area contributed by atoms with Crippen LogP contribution in [0.4, 0.5) is 0 Å². The predicted octanol–water partition coefficient (Wildman–Crippen LogP) is 3.62. The Labute approximate surface area is 94.4 Å². The van der Waals surface area contributed by atoms with E-state index in [4.69, 9.17) is 0 Å². The van der Waals surface area contributed by atoms with Crippen molar-refractivity contribution in [3.05, 3.63) is 23.9 Å².